The Morgan fingerprint density at radius 2 is 1.68 bits per heavy atom. The molecular formula is C16H28N2O. The highest BCUT2D eigenvalue weighted by atomic mass is 16.3. The van der Waals surface area contributed by atoms with Gasteiger partial charge in [-0.15, -0.1) is 0 Å². The molecule has 5 rings (SSSR count). The van der Waals surface area contributed by atoms with E-state index in [2.05, 4.69) is 10.2 Å². The molecule has 19 heavy (non-hydrogen) atoms. The molecule has 0 aromatic carbocycles. The summed E-state index contributed by atoms with van der Waals surface area (Å²) in [7, 11) is 0. The highest BCUT2D eigenvalue weighted by Gasteiger charge is 2.51. The lowest BCUT2D eigenvalue weighted by Crippen LogP contribution is -2.52. The number of hydrogen-bond acceptors (Lipinski definition) is 3. The van der Waals surface area contributed by atoms with Gasteiger partial charge in [0.15, 0.2) is 0 Å². The number of nitrogens with zero attached hydrogens (tertiary/aromatic N) is 1. The minimum atomic E-state index is -0.170. The third-order valence-electron chi connectivity index (χ3n) is 6.18. The van der Waals surface area contributed by atoms with E-state index in [9.17, 15) is 5.11 Å². The first-order valence-corrected chi connectivity index (χ1v) is 8.32. The molecule has 3 heteroatoms. The van der Waals surface area contributed by atoms with Crippen molar-refractivity contribution in [2.24, 2.45) is 23.2 Å². The quantitative estimate of drug-likeness (QED) is 0.793. The fourth-order valence-electron chi connectivity index (χ4n) is 6.06. The van der Waals surface area contributed by atoms with Crippen LogP contribution in [-0.2, 0) is 0 Å². The summed E-state index contributed by atoms with van der Waals surface area (Å²) in [6.07, 6.45) is 8.88. The second-order valence-corrected chi connectivity index (χ2v) is 8.01. The topological polar surface area (TPSA) is 35.5 Å². The van der Waals surface area contributed by atoms with Gasteiger partial charge in [-0.1, -0.05) is 0 Å². The molecule has 108 valence electrons. The van der Waals surface area contributed by atoms with Crippen LogP contribution >= 0.6 is 0 Å². The highest BCUT2D eigenvalue weighted by molar-refractivity contribution is 5.02. The smallest absolute Gasteiger partial charge is 0.0791 e. The van der Waals surface area contributed by atoms with Gasteiger partial charge < -0.3 is 10.4 Å². The number of aliphatic hydroxyl groups is 1. The summed E-state index contributed by atoms with van der Waals surface area (Å²) in [5, 5.41) is 13.3. The zero-order valence-electron chi connectivity index (χ0n) is 12.0. The second kappa shape index (κ2) is 4.71. The van der Waals surface area contributed by atoms with Gasteiger partial charge in [-0.3, -0.25) is 4.90 Å². The third-order valence-corrected chi connectivity index (χ3v) is 6.18. The van der Waals surface area contributed by atoms with Crippen molar-refractivity contribution in [3.05, 3.63) is 0 Å². The maximum absolute atomic E-state index is 9.97. The predicted molar refractivity (Wildman–Crippen MR) is 75.9 cm³/mol. The van der Waals surface area contributed by atoms with Gasteiger partial charge >= 0.3 is 0 Å². The maximum atomic E-state index is 9.97. The Hall–Kier alpha value is -0.120. The number of hydrogen-bond donors (Lipinski definition) is 2. The molecule has 5 aliphatic rings. The monoisotopic (exact) mass is 264 g/mol. The summed E-state index contributed by atoms with van der Waals surface area (Å²) in [6.45, 7) is 5.09. The Labute approximate surface area is 116 Å². The normalized spacial score (nSPS) is 50.4. The van der Waals surface area contributed by atoms with Crippen LogP contribution in [0.5, 0.6) is 0 Å². The Balaban J connectivity index is 1.46. The molecule has 4 saturated carbocycles. The Morgan fingerprint density at radius 3 is 2.32 bits per heavy atom. The molecule has 0 aromatic heterocycles. The molecular weight excluding hydrogens is 236 g/mol. The fraction of sp³-hybridized carbons (Fsp3) is 1.00. The van der Waals surface area contributed by atoms with E-state index in [1.165, 1.54) is 45.1 Å². The van der Waals surface area contributed by atoms with Gasteiger partial charge in [0.1, 0.15) is 0 Å². The molecule has 1 saturated heterocycles. The first kappa shape index (κ1) is 12.6. The predicted octanol–water partition coefficient (Wildman–Crippen LogP) is 1.47. The molecule has 2 N–H and O–H groups in total. The zero-order chi connectivity index (χ0) is 12.9. The molecule has 0 radical (unpaired) electrons. The lowest BCUT2D eigenvalue weighted by molar-refractivity contribution is -0.0711. The van der Waals surface area contributed by atoms with Crippen LogP contribution in [0.15, 0.2) is 0 Å². The summed E-state index contributed by atoms with van der Waals surface area (Å²) >= 11 is 0. The van der Waals surface area contributed by atoms with Crippen LogP contribution in [0.3, 0.4) is 0 Å². The molecule has 1 unspecified atom stereocenters. The number of nitrogens with one attached hydrogen (secondary N) is 1. The van der Waals surface area contributed by atoms with E-state index in [1.807, 2.05) is 0 Å². The highest BCUT2D eigenvalue weighted by Crippen LogP contribution is 2.60. The number of aliphatic hydroxyl groups excluding tert-OH is 1. The van der Waals surface area contributed by atoms with Crippen LogP contribution in [0.4, 0.5) is 0 Å². The molecule has 0 spiro atoms. The van der Waals surface area contributed by atoms with Crippen LogP contribution < -0.4 is 5.32 Å². The van der Waals surface area contributed by atoms with E-state index < -0.39 is 0 Å². The van der Waals surface area contributed by atoms with Crippen molar-refractivity contribution >= 4 is 0 Å². The van der Waals surface area contributed by atoms with Crippen LogP contribution in [0.2, 0.25) is 0 Å². The summed E-state index contributed by atoms with van der Waals surface area (Å²) < 4.78 is 0. The SMILES string of the molecule is OC1CNCCN(CC23CC4CC(CC(C4)C2)C3)C1. The fourth-order valence-corrected chi connectivity index (χ4v) is 6.06. The largest absolute Gasteiger partial charge is 0.390 e. The minimum Gasteiger partial charge on any atom is -0.390 e. The van der Waals surface area contributed by atoms with Crippen molar-refractivity contribution in [2.45, 2.75) is 44.6 Å². The van der Waals surface area contributed by atoms with Gasteiger partial charge in [-0.25, -0.2) is 0 Å². The molecule has 4 bridgehead atoms. The summed E-state index contributed by atoms with van der Waals surface area (Å²) in [4.78, 5) is 2.55. The first-order chi connectivity index (χ1) is 9.21. The molecule has 0 amide bonds. The van der Waals surface area contributed by atoms with E-state index in [0.29, 0.717) is 5.41 Å². The summed E-state index contributed by atoms with van der Waals surface area (Å²) in [5.74, 6) is 3.13. The van der Waals surface area contributed by atoms with Crippen LogP contribution in [0.1, 0.15) is 38.5 Å². The molecule has 0 aromatic rings. The standard InChI is InChI=1S/C16H28N2O/c19-15-9-17-1-2-18(10-15)11-16-6-12-3-13(7-16)5-14(4-12)8-16/h12-15,17,19H,1-11H2. The van der Waals surface area contributed by atoms with Crippen molar-refractivity contribution in [3.63, 3.8) is 0 Å². The molecule has 4 aliphatic carbocycles. The van der Waals surface area contributed by atoms with Crippen molar-refractivity contribution in [1.82, 2.24) is 10.2 Å². The van der Waals surface area contributed by atoms with Gasteiger partial charge in [0, 0.05) is 32.7 Å². The van der Waals surface area contributed by atoms with Gasteiger partial charge in [0.2, 0.25) is 0 Å². The van der Waals surface area contributed by atoms with Gasteiger partial charge in [0.05, 0.1) is 6.10 Å². The molecule has 5 fully saturated rings. The zero-order valence-corrected chi connectivity index (χ0v) is 12.0. The van der Waals surface area contributed by atoms with Crippen molar-refractivity contribution in [3.8, 4) is 0 Å². The molecule has 3 nitrogen and oxygen atoms in total. The van der Waals surface area contributed by atoms with Crippen LogP contribution in [0, 0.1) is 23.2 Å². The molecule has 1 heterocycles. The minimum absolute atomic E-state index is 0.170. The van der Waals surface area contributed by atoms with Gasteiger partial charge in [0.25, 0.3) is 0 Å². The summed E-state index contributed by atoms with van der Waals surface area (Å²) in [6, 6.07) is 0. The van der Waals surface area contributed by atoms with E-state index in [1.54, 1.807) is 0 Å². The van der Waals surface area contributed by atoms with Crippen molar-refractivity contribution in [2.75, 3.05) is 32.7 Å². The van der Waals surface area contributed by atoms with E-state index in [-0.39, 0.29) is 6.10 Å². The van der Waals surface area contributed by atoms with E-state index >= 15 is 0 Å². The van der Waals surface area contributed by atoms with Crippen LogP contribution in [0.25, 0.3) is 0 Å². The number of rotatable bonds is 2. The second-order valence-electron chi connectivity index (χ2n) is 8.01. The van der Waals surface area contributed by atoms with Crippen LogP contribution in [-0.4, -0.2) is 48.8 Å². The van der Waals surface area contributed by atoms with Crippen molar-refractivity contribution in [1.29, 1.82) is 0 Å². The number of β-amino-alcohol motifs (C(OH)–C–C–N with tert-alkyl or cyclic N) is 1. The van der Waals surface area contributed by atoms with Gasteiger partial charge in [-0.05, 0) is 61.7 Å². The summed E-state index contributed by atoms with van der Waals surface area (Å²) in [5.41, 5.74) is 0.624. The Kier molecular flexibility index (Phi) is 3.13. The average Bonchev–Trinajstić information content (AvgIpc) is 2.51. The van der Waals surface area contributed by atoms with Crippen molar-refractivity contribution < 1.29 is 5.11 Å². The van der Waals surface area contributed by atoms with Gasteiger partial charge in [-0.2, -0.15) is 0 Å². The molecule has 1 aliphatic heterocycles. The van der Waals surface area contributed by atoms with E-state index in [0.717, 1.165) is 43.9 Å². The Bertz CT molecular complexity index is 308. The lowest BCUT2D eigenvalue weighted by atomic mass is 9.49. The average molecular weight is 264 g/mol. The molecule has 1 atom stereocenters. The first-order valence-electron chi connectivity index (χ1n) is 8.32. The third kappa shape index (κ3) is 2.45. The maximum Gasteiger partial charge on any atom is 0.0791 e. The van der Waals surface area contributed by atoms with E-state index in [4.69, 9.17) is 0 Å². The Morgan fingerprint density at radius 1 is 1.05 bits per heavy atom. The lowest BCUT2D eigenvalue weighted by Gasteiger charge is -2.58.